The Morgan fingerprint density at radius 3 is 2.73 bits per heavy atom. The molecule has 5 nitrogen and oxygen atoms in total. The van der Waals surface area contributed by atoms with Gasteiger partial charge >= 0.3 is 0 Å². The van der Waals surface area contributed by atoms with Crippen molar-refractivity contribution in [3.8, 4) is 17.0 Å². The van der Waals surface area contributed by atoms with Crippen LogP contribution in [0.3, 0.4) is 0 Å². The van der Waals surface area contributed by atoms with Gasteiger partial charge in [0.25, 0.3) is 0 Å². The van der Waals surface area contributed by atoms with Crippen LogP contribution >= 0.6 is 30.3 Å². The normalized spacial score (nSPS) is 14.7. The second-order valence-corrected chi connectivity index (χ2v) is 7.27. The van der Waals surface area contributed by atoms with Crippen LogP contribution in [0.25, 0.3) is 22.0 Å². The number of ether oxygens (including phenoxy) is 1. The van der Waals surface area contributed by atoms with Crippen LogP contribution in [0.15, 0.2) is 24.8 Å². The maximum atomic E-state index is 5.51. The van der Waals surface area contributed by atoms with E-state index in [0.29, 0.717) is 11.8 Å². The van der Waals surface area contributed by atoms with Gasteiger partial charge < -0.3 is 4.74 Å². The Morgan fingerprint density at radius 1 is 1.32 bits per heavy atom. The second kappa shape index (κ2) is 5.45. The standard InChI is InChI=1S/C15H15IN4OS/c1-19-7-10(5-18-19)12-8-20(22-16)14-13(12)11(9-3-4-9)6-17-15(14)21-2/h5-9H,3-4H2,1-2H3. The van der Waals surface area contributed by atoms with Crippen molar-refractivity contribution in [2.45, 2.75) is 18.8 Å². The zero-order valence-corrected chi connectivity index (χ0v) is 15.3. The molecular weight excluding hydrogens is 411 g/mol. The van der Waals surface area contributed by atoms with E-state index in [1.807, 2.05) is 24.1 Å². The molecule has 0 aliphatic heterocycles. The molecule has 0 saturated heterocycles. The van der Waals surface area contributed by atoms with Crippen molar-refractivity contribution in [3.63, 3.8) is 0 Å². The molecule has 0 amide bonds. The molecule has 3 aromatic heterocycles. The first kappa shape index (κ1) is 14.4. The van der Waals surface area contributed by atoms with Crippen molar-refractivity contribution in [1.82, 2.24) is 18.7 Å². The summed E-state index contributed by atoms with van der Waals surface area (Å²) >= 11 is 2.29. The van der Waals surface area contributed by atoms with Gasteiger partial charge in [-0.05, 0) is 24.3 Å². The van der Waals surface area contributed by atoms with E-state index in [2.05, 4.69) is 47.7 Å². The minimum atomic E-state index is 0.631. The summed E-state index contributed by atoms with van der Waals surface area (Å²) in [4.78, 5) is 4.53. The number of aromatic nitrogens is 4. The van der Waals surface area contributed by atoms with Gasteiger partial charge in [-0.3, -0.25) is 8.65 Å². The Bertz CT molecular complexity index is 853. The van der Waals surface area contributed by atoms with Gasteiger partial charge in [-0.2, -0.15) is 5.10 Å². The van der Waals surface area contributed by atoms with Gasteiger partial charge in [0.1, 0.15) is 5.52 Å². The lowest BCUT2D eigenvalue weighted by Crippen LogP contribution is -1.94. The van der Waals surface area contributed by atoms with E-state index in [0.717, 1.165) is 11.1 Å². The summed E-state index contributed by atoms with van der Waals surface area (Å²) in [5, 5.41) is 5.58. The van der Waals surface area contributed by atoms with Crippen LogP contribution in [0.2, 0.25) is 0 Å². The van der Waals surface area contributed by atoms with Crippen LogP contribution in [0.4, 0.5) is 0 Å². The molecule has 4 rings (SSSR count). The predicted molar refractivity (Wildman–Crippen MR) is 97.5 cm³/mol. The largest absolute Gasteiger partial charge is 0.479 e. The first-order chi connectivity index (χ1) is 10.7. The fourth-order valence-corrected chi connectivity index (χ4v) is 4.23. The molecule has 114 valence electrons. The molecule has 0 spiro atoms. The topological polar surface area (TPSA) is 44.9 Å². The Balaban J connectivity index is 2.07. The molecule has 1 fully saturated rings. The molecule has 0 N–H and O–H groups in total. The van der Waals surface area contributed by atoms with E-state index in [4.69, 9.17) is 4.74 Å². The van der Waals surface area contributed by atoms with Gasteiger partial charge in [0.05, 0.1) is 13.3 Å². The van der Waals surface area contributed by atoms with Gasteiger partial charge in [-0.15, -0.1) is 0 Å². The third-order valence-electron chi connectivity index (χ3n) is 4.09. The van der Waals surface area contributed by atoms with Gasteiger partial charge in [0.15, 0.2) is 0 Å². The Hall–Kier alpha value is -1.22. The minimum Gasteiger partial charge on any atom is -0.479 e. The first-order valence-corrected chi connectivity index (χ1v) is 10.4. The molecular formula is C15H15IN4OS. The van der Waals surface area contributed by atoms with Crippen molar-refractivity contribution in [2.24, 2.45) is 7.05 Å². The summed E-state index contributed by atoms with van der Waals surface area (Å²) < 4.78 is 9.48. The fourth-order valence-electron chi connectivity index (χ4n) is 2.92. The highest BCUT2D eigenvalue weighted by Crippen LogP contribution is 2.48. The summed E-state index contributed by atoms with van der Waals surface area (Å²) in [5.74, 6) is 1.31. The lowest BCUT2D eigenvalue weighted by molar-refractivity contribution is 0.402. The number of fused-ring (bicyclic) bond motifs is 1. The zero-order chi connectivity index (χ0) is 15.3. The van der Waals surface area contributed by atoms with E-state index in [1.54, 1.807) is 16.2 Å². The number of hydrogen-bond acceptors (Lipinski definition) is 4. The number of pyridine rings is 1. The average molecular weight is 426 g/mol. The molecule has 0 atom stereocenters. The van der Waals surface area contributed by atoms with Crippen LogP contribution in [-0.4, -0.2) is 25.8 Å². The summed E-state index contributed by atoms with van der Waals surface area (Å²) in [6.07, 6.45) is 10.6. The van der Waals surface area contributed by atoms with E-state index >= 15 is 0 Å². The molecule has 0 bridgehead atoms. The van der Waals surface area contributed by atoms with E-state index in [9.17, 15) is 0 Å². The second-order valence-electron chi connectivity index (χ2n) is 5.56. The van der Waals surface area contributed by atoms with E-state index < -0.39 is 0 Å². The smallest absolute Gasteiger partial charge is 0.239 e. The van der Waals surface area contributed by atoms with Gasteiger partial charge in [-0.1, -0.05) is 0 Å². The molecule has 0 radical (unpaired) electrons. The SMILES string of the molecule is COc1ncc(C2CC2)c2c(-c3cnn(C)c3)cn(SI)c12. The maximum Gasteiger partial charge on any atom is 0.239 e. The third kappa shape index (κ3) is 2.21. The number of rotatable bonds is 4. The predicted octanol–water partition coefficient (Wildman–Crippen LogP) is 4.17. The molecule has 3 aromatic rings. The van der Waals surface area contributed by atoms with E-state index in [1.165, 1.54) is 29.4 Å². The summed E-state index contributed by atoms with van der Waals surface area (Å²) in [7, 11) is 5.25. The summed E-state index contributed by atoms with van der Waals surface area (Å²) in [6, 6.07) is 0. The Morgan fingerprint density at radius 2 is 2.14 bits per heavy atom. The highest BCUT2D eigenvalue weighted by molar-refractivity contribution is 14.2. The highest BCUT2D eigenvalue weighted by atomic mass is 127. The fraction of sp³-hybridized carbons (Fsp3) is 0.333. The number of aryl methyl sites for hydroxylation is 1. The van der Waals surface area contributed by atoms with Crippen molar-refractivity contribution >= 4 is 41.2 Å². The molecule has 1 aliphatic rings. The number of nitrogens with zero attached hydrogens (tertiary/aromatic N) is 4. The van der Waals surface area contributed by atoms with E-state index in [-0.39, 0.29) is 0 Å². The lowest BCUT2D eigenvalue weighted by Gasteiger charge is -2.08. The zero-order valence-electron chi connectivity index (χ0n) is 12.3. The lowest BCUT2D eigenvalue weighted by atomic mass is 10.0. The highest BCUT2D eigenvalue weighted by Gasteiger charge is 2.30. The summed E-state index contributed by atoms with van der Waals surface area (Å²) in [5.41, 5.74) is 4.73. The van der Waals surface area contributed by atoms with Crippen LogP contribution < -0.4 is 4.74 Å². The first-order valence-electron chi connectivity index (χ1n) is 7.09. The molecule has 0 unspecified atom stereocenters. The monoisotopic (exact) mass is 426 g/mol. The van der Waals surface area contributed by atoms with Crippen molar-refractivity contribution in [2.75, 3.05) is 7.11 Å². The average Bonchev–Trinajstić information content (AvgIpc) is 3.17. The van der Waals surface area contributed by atoms with Crippen LogP contribution in [-0.2, 0) is 7.05 Å². The molecule has 22 heavy (non-hydrogen) atoms. The van der Waals surface area contributed by atoms with Crippen molar-refractivity contribution in [1.29, 1.82) is 0 Å². The minimum absolute atomic E-state index is 0.631. The van der Waals surface area contributed by atoms with Crippen molar-refractivity contribution in [3.05, 3.63) is 30.4 Å². The summed E-state index contributed by atoms with van der Waals surface area (Å²) in [6.45, 7) is 0. The van der Waals surface area contributed by atoms with Crippen LogP contribution in [0.1, 0.15) is 24.3 Å². The Kier molecular flexibility index (Phi) is 3.56. The van der Waals surface area contributed by atoms with Crippen LogP contribution in [0.5, 0.6) is 5.88 Å². The Labute approximate surface area is 144 Å². The molecule has 3 heterocycles. The number of methoxy groups -OCH3 is 1. The van der Waals surface area contributed by atoms with Crippen molar-refractivity contribution < 1.29 is 4.74 Å². The molecule has 1 saturated carbocycles. The maximum absolute atomic E-state index is 5.51. The molecule has 1 aliphatic carbocycles. The van der Waals surface area contributed by atoms with Gasteiger partial charge in [-0.25, -0.2) is 4.98 Å². The molecule has 7 heteroatoms. The number of hydrogen-bond donors (Lipinski definition) is 0. The van der Waals surface area contributed by atoms with Gasteiger partial charge in [0, 0.05) is 72.5 Å². The third-order valence-corrected chi connectivity index (χ3v) is 5.80. The number of halogens is 1. The quantitative estimate of drug-likeness (QED) is 0.588. The molecule has 0 aromatic carbocycles. The van der Waals surface area contributed by atoms with Crippen LogP contribution in [0, 0.1) is 0 Å². The van der Waals surface area contributed by atoms with Gasteiger partial charge in [0.2, 0.25) is 5.88 Å².